The van der Waals surface area contributed by atoms with E-state index in [1.54, 1.807) is 25.3 Å². The molecule has 2 aromatic rings. The van der Waals surface area contributed by atoms with E-state index in [0.29, 0.717) is 23.9 Å². The summed E-state index contributed by atoms with van der Waals surface area (Å²) in [5, 5.41) is 9.52. The topological polar surface area (TPSA) is 47.9 Å². The lowest BCUT2D eigenvalue weighted by Gasteiger charge is -2.11. The number of hydrogen-bond donors (Lipinski definition) is 1. The van der Waals surface area contributed by atoms with Crippen LogP contribution in [-0.2, 0) is 6.61 Å². The number of phenols is 1. The molecule has 19 heavy (non-hydrogen) atoms. The summed E-state index contributed by atoms with van der Waals surface area (Å²) in [6, 6.07) is 12.6. The van der Waals surface area contributed by atoms with Crippen molar-refractivity contribution in [2.24, 2.45) is 0 Å². The molecule has 0 atom stereocenters. The van der Waals surface area contributed by atoms with Crippen LogP contribution in [0, 0.1) is 0 Å². The van der Waals surface area contributed by atoms with E-state index in [-0.39, 0.29) is 5.75 Å². The van der Waals surface area contributed by atoms with Gasteiger partial charge in [0, 0.05) is 0 Å². The van der Waals surface area contributed by atoms with Crippen LogP contribution in [0.15, 0.2) is 42.5 Å². The van der Waals surface area contributed by atoms with Gasteiger partial charge in [0.2, 0.25) is 0 Å². The lowest BCUT2D eigenvalue weighted by Crippen LogP contribution is -1.98. The van der Waals surface area contributed by atoms with E-state index < -0.39 is 0 Å². The highest BCUT2D eigenvalue weighted by molar-refractivity contribution is 5.42. The fraction of sp³-hybridized carbons (Fsp3) is 0.200. The summed E-state index contributed by atoms with van der Waals surface area (Å²) in [5.41, 5.74) is 0.903. The highest BCUT2D eigenvalue weighted by Crippen LogP contribution is 2.29. The van der Waals surface area contributed by atoms with Crippen molar-refractivity contribution in [2.45, 2.75) is 6.61 Å². The quantitative estimate of drug-likeness (QED) is 0.897. The summed E-state index contributed by atoms with van der Waals surface area (Å²) in [6.45, 7) is 0.372. The fourth-order valence-electron chi connectivity index (χ4n) is 1.71. The molecule has 2 aromatic carbocycles. The maximum atomic E-state index is 9.52. The Morgan fingerprint density at radius 2 is 1.58 bits per heavy atom. The van der Waals surface area contributed by atoms with Gasteiger partial charge in [0.25, 0.3) is 0 Å². The van der Waals surface area contributed by atoms with Gasteiger partial charge in [-0.1, -0.05) is 18.2 Å². The second kappa shape index (κ2) is 6.00. The first-order valence-electron chi connectivity index (χ1n) is 5.86. The van der Waals surface area contributed by atoms with Gasteiger partial charge in [0.15, 0.2) is 23.0 Å². The van der Waals surface area contributed by atoms with E-state index in [4.69, 9.17) is 14.2 Å². The molecule has 100 valence electrons. The van der Waals surface area contributed by atoms with Gasteiger partial charge in [0.1, 0.15) is 6.61 Å². The van der Waals surface area contributed by atoms with Crippen molar-refractivity contribution in [3.63, 3.8) is 0 Å². The summed E-state index contributed by atoms with van der Waals surface area (Å²) < 4.78 is 16.0. The Morgan fingerprint density at radius 3 is 2.26 bits per heavy atom. The highest BCUT2D eigenvalue weighted by atomic mass is 16.5. The van der Waals surface area contributed by atoms with Gasteiger partial charge in [-0.3, -0.25) is 0 Å². The average molecular weight is 260 g/mol. The van der Waals surface area contributed by atoms with Gasteiger partial charge in [-0.2, -0.15) is 0 Å². The molecule has 0 aliphatic rings. The van der Waals surface area contributed by atoms with Crippen molar-refractivity contribution in [1.82, 2.24) is 0 Å². The van der Waals surface area contributed by atoms with Gasteiger partial charge in [-0.25, -0.2) is 0 Å². The third-order valence-corrected chi connectivity index (χ3v) is 2.71. The van der Waals surface area contributed by atoms with Crippen LogP contribution in [0.3, 0.4) is 0 Å². The Morgan fingerprint density at radius 1 is 0.895 bits per heavy atom. The van der Waals surface area contributed by atoms with Crippen molar-refractivity contribution < 1.29 is 19.3 Å². The van der Waals surface area contributed by atoms with Crippen molar-refractivity contribution in [3.8, 4) is 23.0 Å². The summed E-state index contributed by atoms with van der Waals surface area (Å²) in [4.78, 5) is 0. The predicted octanol–water partition coefficient (Wildman–Crippen LogP) is 2.99. The second-order valence-electron chi connectivity index (χ2n) is 3.95. The van der Waals surface area contributed by atoms with Crippen molar-refractivity contribution in [1.29, 1.82) is 0 Å². The number of phenolic OH excluding ortho intramolecular Hbond substituents is 1. The molecule has 1 N–H and O–H groups in total. The van der Waals surface area contributed by atoms with Crippen LogP contribution in [0.2, 0.25) is 0 Å². The summed E-state index contributed by atoms with van der Waals surface area (Å²) >= 11 is 0. The minimum Gasteiger partial charge on any atom is -0.504 e. The monoisotopic (exact) mass is 260 g/mol. The molecule has 0 radical (unpaired) electrons. The Balaban J connectivity index is 2.10. The number of hydrogen-bond acceptors (Lipinski definition) is 4. The summed E-state index contributed by atoms with van der Waals surface area (Å²) in [5.74, 6) is 1.91. The minimum atomic E-state index is 0.114. The zero-order valence-corrected chi connectivity index (χ0v) is 10.9. The van der Waals surface area contributed by atoms with Gasteiger partial charge in [0.05, 0.1) is 14.2 Å². The highest BCUT2D eigenvalue weighted by Gasteiger charge is 2.05. The van der Waals surface area contributed by atoms with Gasteiger partial charge >= 0.3 is 0 Å². The van der Waals surface area contributed by atoms with Crippen LogP contribution >= 0.6 is 0 Å². The van der Waals surface area contributed by atoms with E-state index >= 15 is 0 Å². The van der Waals surface area contributed by atoms with Crippen molar-refractivity contribution >= 4 is 0 Å². The van der Waals surface area contributed by atoms with E-state index in [0.717, 1.165) is 5.56 Å². The zero-order chi connectivity index (χ0) is 13.7. The van der Waals surface area contributed by atoms with Crippen LogP contribution in [0.25, 0.3) is 0 Å². The molecule has 0 saturated heterocycles. The second-order valence-corrected chi connectivity index (χ2v) is 3.95. The lowest BCUT2D eigenvalue weighted by atomic mass is 10.2. The summed E-state index contributed by atoms with van der Waals surface area (Å²) in [6.07, 6.45) is 0. The fourth-order valence-corrected chi connectivity index (χ4v) is 1.71. The van der Waals surface area contributed by atoms with Crippen LogP contribution in [0.4, 0.5) is 0 Å². The molecule has 0 fully saturated rings. The molecule has 0 aliphatic carbocycles. The SMILES string of the molecule is COc1cc(COc2ccccc2OC)ccc1O. The Hall–Kier alpha value is -2.36. The number of benzene rings is 2. The molecule has 0 unspecified atom stereocenters. The van der Waals surface area contributed by atoms with Crippen LogP contribution in [0.5, 0.6) is 23.0 Å². The molecule has 0 saturated carbocycles. The van der Waals surface area contributed by atoms with E-state index in [2.05, 4.69) is 0 Å². The molecule has 0 heterocycles. The first-order valence-corrected chi connectivity index (χ1v) is 5.86. The zero-order valence-electron chi connectivity index (χ0n) is 10.9. The van der Waals surface area contributed by atoms with E-state index in [1.807, 2.05) is 24.3 Å². The lowest BCUT2D eigenvalue weighted by molar-refractivity contribution is 0.283. The maximum absolute atomic E-state index is 9.52. The third-order valence-electron chi connectivity index (χ3n) is 2.71. The molecule has 0 aromatic heterocycles. The summed E-state index contributed by atoms with van der Waals surface area (Å²) in [7, 11) is 3.12. The number of rotatable bonds is 5. The van der Waals surface area contributed by atoms with Gasteiger partial charge in [-0.15, -0.1) is 0 Å². The minimum absolute atomic E-state index is 0.114. The largest absolute Gasteiger partial charge is 0.504 e. The average Bonchev–Trinajstić information content (AvgIpc) is 2.46. The molecular weight excluding hydrogens is 244 g/mol. The molecule has 4 heteroatoms. The first kappa shape index (κ1) is 13.1. The van der Waals surface area contributed by atoms with Crippen molar-refractivity contribution in [3.05, 3.63) is 48.0 Å². The standard InChI is InChI=1S/C15H16O4/c1-17-13-5-3-4-6-14(13)19-10-11-7-8-12(16)15(9-11)18-2/h3-9,16H,10H2,1-2H3. The van der Waals surface area contributed by atoms with E-state index in [1.165, 1.54) is 7.11 Å². The number of methoxy groups -OCH3 is 2. The van der Waals surface area contributed by atoms with Crippen LogP contribution in [0.1, 0.15) is 5.56 Å². The van der Waals surface area contributed by atoms with Crippen LogP contribution < -0.4 is 14.2 Å². The van der Waals surface area contributed by atoms with Gasteiger partial charge < -0.3 is 19.3 Å². The molecule has 2 rings (SSSR count). The maximum Gasteiger partial charge on any atom is 0.161 e. The predicted molar refractivity (Wildman–Crippen MR) is 72.0 cm³/mol. The molecular formula is C15H16O4. The Bertz CT molecular complexity index is 552. The van der Waals surface area contributed by atoms with Crippen molar-refractivity contribution in [2.75, 3.05) is 14.2 Å². The molecule has 0 bridgehead atoms. The number of para-hydroxylation sites is 2. The molecule has 0 aliphatic heterocycles. The third kappa shape index (κ3) is 3.10. The molecule has 4 nitrogen and oxygen atoms in total. The number of ether oxygens (including phenoxy) is 3. The van der Waals surface area contributed by atoms with E-state index in [9.17, 15) is 5.11 Å². The normalized spacial score (nSPS) is 10.0. The Labute approximate surface area is 112 Å². The smallest absolute Gasteiger partial charge is 0.161 e. The first-order chi connectivity index (χ1) is 9.24. The van der Waals surface area contributed by atoms with Crippen LogP contribution in [-0.4, -0.2) is 19.3 Å². The van der Waals surface area contributed by atoms with Gasteiger partial charge in [-0.05, 0) is 29.8 Å². The number of aromatic hydroxyl groups is 1. The molecule has 0 amide bonds. The Kier molecular flexibility index (Phi) is 4.13. The molecule has 0 spiro atoms.